The highest BCUT2D eigenvalue weighted by Crippen LogP contribution is 2.28. The standard InChI is InChI=1S/C17H11ClN4S/c18-13-6-2-1-5-12(13)16-21-14(11-20-17-19-8-10-23-17)15-7-3-4-9-22(15)16/h1-11H. The fraction of sp³-hybridized carbons (Fsp3) is 0. The predicted molar refractivity (Wildman–Crippen MR) is 95.0 cm³/mol. The second-order valence-electron chi connectivity index (χ2n) is 4.83. The molecule has 4 nitrogen and oxygen atoms in total. The van der Waals surface area contributed by atoms with Crippen LogP contribution in [0, 0.1) is 0 Å². The number of halogens is 1. The van der Waals surface area contributed by atoms with E-state index in [1.807, 2.05) is 58.4 Å². The van der Waals surface area contributed by atoms with Crippen LogP contribution < -0.4 is 0 Å². The van der Waals surface area contributed by atoms with E-state index in [-0.39, 0.29) is 0 Å². The van der Waals surface area contributed by atoms with Gasteiger partial charge < -0.3 is 0 Å². The van der Waals surface area contributed by atoms with Crippen molar-refractivity contribution in [2.75, 3.05) is 0 Å². The van der Waals surface area contributed by atoms with Crippen molar-refractivity contribution in [1.82, 2.24) is 14.4 Å². The molecule has 1 aromatic carbocycles. The van der Waals surface area contributed by atoms with E-state index in [1.165, 1.54) is 11.3 Å². The van der Waals surface area contributed by atoms with Gasteiger partial charge in [-0.1, -0.05) is 29.8 Å². The molecule has 4 aromatic rings. The average molecular weight is 339 g/mol. The van der Waals surface area contributed by atoms with Gasteiger partial charge >= 0.3 is 0 Å². The van der Waals surface area contributed by atoms with Crippen LogP contribution in [-0.2, 0) is 0 Å². The Morgan fingerprint density at radius 3 is 2.83 bits per heavy atom. The van der Waals surface area contributed by atoms with E-state index in [1.54, 1.807) is 12.4 Å². The maximum absolute atomic E-state index is 6.33. The lowest BCUT2D eigenvalue weighted by molar-refractivity contribution is 1.16. The van der Waals surface area contributed by atoms with Crippen molar-refractivity contribution >= 4 is 39.8 Å². The largest absolute Gasteiger partial charge is 0.299 e. The van der Waals surface area contributed by atoms with E-state index in [0.717, 1.165) is 22.6 Å². The summed E-state index contributed by atoms with van der Waals surface area (Å²) in [6, 6.07) is 13.7. The smallest absolute Gasteiger partial charge is 0.209 e. The quantitative estimate of drug-likeness (QED) is 0.500. The Morgan fingerprint density at radius 2 is 2.00 bits per heavy atom. The lowest BCUT2D eigenvalue weighted by Crippen LogP contribution is -1.88. The van der Waals surface area contributed by atoms with E-state index < -0.39 is 0 Å². The van der Waals surface area contributed by atoms with E-state index in [4.69, 9.17) is 16.6 Å². The van der Waals surface area contributed by atoms with Crippen LogP contribution >= 0.6 is 22.9 Å². The van der Waals surface area contributed by atoms with Crippen LogP contribution in [0.2, 0.25) is 5.02 Å². The molecule has 0 bridgehead atoms. The number of nitrogens with zero attached hydrogens (tertiary/aromatic N) is 4. The topological polar surface area (TPSA) is 42.5 Å². The van der Waals surface area contributed by atoms with Gasteiger partial charge in [-0.2, -0.15) is 0 Å². The Hall–Kier alpha value is -2.50. The van der Waals surface area contributed by atoms with Crippen LogP contribution in [0.15, 0.2) is 65.2 Å². The zero-order chi connectivity index (χ0) is 15.6. The van der Waals surface area contributed by atoms with Crippen LogP contribution in [0.1, 0.15) is 5.69 Å². The first-order chi connectivity index (χ1) is 11.3. The molecule has 0 spiro atoms. The van der Waals surface area contributed by atoms with Gasteiger partial charge in [-0.05, 0) is 24.3 Å². The number of rotatable bonds is 3. The van der Waals surface area contributed by atoms with Crippen molar-refractivity contribution in [3.8, 4) is 11.4 Å². The number of benzene rings is 1. The number of aliphatic imine (C=N–C) groups is 1. The van der Waals surface area contributed by atoms with Crippen LogP contribution in [0.5, 0.6) is 0 Å². The lowest BCUT2D eigenvalue weighted by atomic mass is 10.2. The molecule has 4 rings (SSSR count). The molecule has 0 saturated heterocycles. The highest BCUT2D eigenvalue weighted by molar-refractivity contribution is 7.13. The summed E-state index contributed by atoms with van der Waals surface area (Å²) >= 11 is 7.82. The molecule has 6 heteroatoms. The summed E-state index contributed by atoms with van der Waals surface area (Å²) < 4.78 is 2.02. The van der Waals surface area contributed by atoms with Crippen molar-refractivity contribution in [3.05, 3.63) is 71.0 Å². The van der Waals surface area contributed by atoms with E-state index in [2.05, 4.69) is 9.98 Å². The maximum Gasteiger partial charge on any atom is 0.209 e. The number of pyridine rings is 1. The molecule has 112 valence electrons. The summed E-state index contributed by atoms with van der Waals surface area (Å²) in [5.74, 6) is 0.798. The minimum Gasteiger partial charge on any atom is -0.299 e. The van der Waals surface area contributed by atoms with Crippen LogP contribution in [0.25, 0.3) is 16.9 Å². The van der Waals surface area contributed by atoms with Crippen LogP contribution in [0.4, 0.5) is 5.13 Å². The lowest BCUT2D eigenvalue weighted by Gasteiger charge is -2.02. The minimum absolute atomic E-state index is 0.673. The molecule has 3 heterocycles. The van der Waals surface area contributed by atoms with Gasteiger partial charge in [0.05, 0.1) is 16.8 Å². The van der Waals surface area contributed by atoms with Crippen LogP contribution in [-0.4, -0.2) is 20.6 Å². The number of thiazole rings is 1. The van der Waals surface area contributed by atoms with Crippen molar-refractivity contribution in [2.24, 2.45) is 4.99 Å². The van der Waals surface area contributed by atoms with Crippen molar-refractivity contribution in [2.45, 2.75) is 0 Å². The summed E-state index contributed by atoms with van der Waals surface area (Å²) in [7, 11) is 0. The molecule has 0 saturated carbocycles. The molecule has 0 radical (unpaired) electrons. The van der Waals surface area contributed by atoms with E-state index in [0.29, 0.717) is 10.2 Å². The second kappa shape index (κ2) is 5.95. The number of aromatic nitrogens is 3. The molecule has 0 aliphatic carbocycles. The van der Waals surface area contributed by atoms with Crippen molar-refractivity contribution < 1.29 is 0 Å². The number of fused-ring (bicyclic) bond motifs is 1. The van der Waals surface area contributed by atoms with Gasteiger partial charge in [0.15, 0.2) is 0 Å². The summed E-state index contributed by atoms with van der Waals surface area (Å²) in [5, 5.41) is 3.28. The summed E-state index contributed by atoms with van der Waals surface area (Å²) in [6.07, 6.45) is 5.45. The summed E-state index contributed by atoms with van der Waals surface area (Å²) in [4.78, 5) is 13.3. The first kappa shape index (κ1) is 14.1. The summed E-state index contributed by atoms with van der Waals surface area (Å²) in [6.45, 7) is 0. The SMILES string of the molecule is Clc1ccccc1-c1nc(C=Nc2nccs2)c2ccccn12. The maximum atomic E-state index is 6.33. The number of hydrogen-bond acceptors (Lipinski definition) is 4. The minimum atomic E-state index is 0.673. The second-order valence-corrected chi connectivity index (χ2v) is 6.11. The Bertz CT molecular complexity index is 989. The van der Waals surface area contributed by atoms with Gasteiger partial charge in [0.25, 0.3) is 0 Å². The third kappa shape index (κ3) is 2.65. The van der Waals surface area contributed by atoms with Gasteiger partial charge in [0.2, 0.25) is 5.13 Å². The monoisotopic (exact) mass is 338 g/mol. The molecule has 0 aliphatic heterocycles. The fourth-order valence-electron chi connectivity index (χ4n) is 2.39. The molecule has 0 N–H and O–H groups in total. The Kier molecular flexibility index (Phi) is 3.65. The van der Waals surface area contributed by atoms with E-state index in [9.17, 15) is 0 Å². The molecule has 0 atom stereocenters. The Balaban J connectivity index is 1.89. The number of hydrogen-bond donors (Lipinski definition) is 0. The molecule has 23 heavy (non-hydrogen) atoms. The molecule has 0 fully saturated rings. The normalized spacial score (nSPS) is 11.5. The van der Waals surface area contributed by atoms with Gasteiger partial charge in [-0.25, -0.2) is 15.0 Å². The molecule has 0 amide bonds. The molecule has 0 unspecified atom stereocenters. The summed E-state index contributed by atoms with van der Waals surface area (Å²) in [5.41, 5.74) is 2.66. The van der Waals surface area contributed by atoms with Crippen molar-refractivity contribution in [3.63, 3.8) is 0 Å². The highest BCUT2D eigenvalue weighted by atomic mass is 35.5. The molecule has 3 aromatic heterocycles. The fourth-order valence-corrected chi connectivity index (χ4v) is 3.08. The third-order valence-electron chi connectivity index (χ3n) is 3.41. The van der Waals surface area contributed by atoms with Crippen molar-refractivity contribution in [1.29, 1.82) is 0 Å². The first-order valence-electron chi connectivity index (χ1n) is 6.98. The molecular weight excluding hydrogens is 328 g/mol. The zero-order valence-corrected chi connectivity index (χ0v) is 13.5. The van der Waals surface area contributed by atoms with Gasteiger partial charge in [0.1, 0.15) is 11.5 Å². The van der Waals surface area contributed by atoms with Gasteiger partial charge in [0, 0.05) is 23.3 Å². The van der Waals surface area contributed by atoms with Crippen LogP contribution in [0.3, 0.4) is 0 Å². The average Bonchev–Trinajstić information content (AvgIpc) is 3.21. The third-order valence-corrected chi connectivity index (χ3v) is 4.42. The Morgan fingerprint density at radius 1 is 1.13 bits per heavy atom. The molecule has 0 aliphatic rings. The van der Waals surface area contributed by atoms with E-state index >= 15 is 0 Å². The van der Waals surface area contributed by atoms with Gasteiger partial charge in [-0.15, -0.1) is 11.3 Å². The molecular formula is C17H11ClN4S. The zero-order valence-electron chi connectivity index (χ0n) is 11.9. The number of imidazole rings is 1. The van der Waals surface area contributed by atoms with Gasteiger partial charge in [-0.3, -0.25) is 4.40 Å². The first-order valence-corrected chi connectivity index (χ1v) is 8.24. The highest BCUT2D eigenvalue weighted by Gasteiger charge is 2.13. The Labute approximate surface area is 141 Å². The predicted octanol–water partition coefficient (Wildman–Crippen LogP) is 4.86.